The fraction of sp³-hybridized carbons (Fsp3) is 0.115. The maximum atomic E-state index is 13.3. The predicted molar refractivity (Wildman–Crippen MR) is 120 cm³/mol. The van der Waals surface area contributed by atoms with Gasteiger partial charge in [-0.25, -0.2) is 9.80 Å². The second-order valence-electron chi connectivity index (χ2n) is 7.68. The van der Waals surface area contributed by atoms with Crippen LogP contribution >= 0.6 is 0 Å². The van der Waals surface area contributed by atoms with Gasteiger partial charge >= 0.3 is 5.63 Å². The highest BCUT2D eigenvalue weighted by molar-refractivity contribution is 6.06. The first-order valence-electron chi connectivity index (χ1n) is 10.2. The number of carbonyl (C=O) groups excluding carboxylic acids is 1. The van der Waals surface area contributed by atoms with Crippen LogP contribution in [0.25, 0.3) is 11.0 Å². The van der Waals surface area contributed by atoms with Crippen molar-refractivity contribution in [3.63, 3.8) is 0 Å². The summed E-state index contributed by atoms with van der Waals surface area (Å²) in [7, 11) is 0. The van der Waals surface area contributed by atoms with Gasteiger partial charge in [-0.05, 0) is 36.8 Å². The largest absolute Gasteiger partial charge is 0.422 e. The molecule has 0 bridgehead atoms. The Labute approximate surface area is 179 Å². The SMILES string of the molecule is Cc1ccc(C(=O)N2N=C(c3cc4ccccc4oc3=O)CC2c2ccccc2)cc1. The van der Waals surface area contributed by atoms with Gasteiger partial charge in [0, 0.05) is 17.4 Å². The van der Waals surface area contributed by atoms with Crippen molar-refractivity contribution in [2.45, 2.75) is 19.4 Å². The molecule has 31 heavy (non-hydrogen) atoms. The summed E-state index contributed by atoms with van der Waals surface area (Å²) in [5.41, 5.74) is 3.62. The Bertz CT molecular complexity index is 1360. The van der Waals surface area contributed by atoms with Gasteiger partial charge < -0.3 is 4.42 Å². The molecule has 1 atom stereocenters. The number of hydrazone groups is 1. The number of para-hydroxylation sites is 1. The number of hydrogen-bond acceptors (Lipinski definition) is 4. The molecule has 0 spiro atoms. The third-order valence-electron chi connectivity index (χ3n) is 5.55. The van der Waals surface area contributed by atoms with E-state index in [4.69, 9.17) is 4.42 Å². The van der Waals surface area contributed by atoms with Crippen LogP contribution in [0.1, 0.15) is 39.5 Å². The van der Waals surface area contributed by atoms with Gasteiger partial charge in [-0.1, -0.05) is 66.2 Å². The molecular weight excluding hydrogens is 388 g/mol. The Kier molecular flexibility index (Phi) is 4.71. The molecule has 4 aromatic rings. The highest BCUT2D eigenvalue weighted by atomic mass is 16.4. The maximum absolute atomic E-state index is 13.3. The molecule has 5 rings (SSSR count). The second kappa shape index (κ2) is 7.69. The molecule has 1 aliphatic heterocycles. The van der Waals surface area contributed by atoms with E-state index < -0.39 is 5.63 Å². The van der Waals surface area contributed by atoms with E-state index in [0.717, 1.165) is 16.5 Å². The van der Waals surface area contributed by atoms with Crippen LogP contribution in [0.5, 0.6) is 0 Å². The summed E-state index contributed by atoms with van der Waals surface area (Å²) in [6.45, 7) is 1.98. The Morgan fingerprint density at radius 3 is 2.45 bits per heavy atom. The Hall–Kier alpha value is -3.99. The molecule has 3 aromatic carbocycles. The van der Waals surface area contributed by atoms with Crippen LogP contribution in [0.2, 0.25) is 0 Å². The lowest BCUT2D eigenvalue weighted by Gasteiger charge is -2.22. The molecule has 0 aliphatic carbocycles. The van der Waals surface area contributed by atoms with Gasteiger partial charge in [0.1, 0.15) is 5.58 Å². The van der Waals surface area contributed by atoms with E-state index in [1.54, 1.807) is 24.3 Å². The van der Waals surface area contributed by atoms with Crippen LogP contribution in [-0.4, -0.2) is 16.6 Å². The first-order valence-corrected chi connectivity index (χ1v) is 10.2. The number of carbonyl (C=O) groups is 1. The minimum atomic E-state index is -0.450. The third kappa shape index (κ3) is 3.55. The van der Waals surface area contributed by atoms with E-state index in [2.05, 4.69) is 5.10 Å². The summed E-state index contributed by atoms with van der Waals surface area (Å²) in [6, 6.07) is 26.0. The molecule has 1 amide bonds. The van der Waals surface area contributed by atoms with E-state index in [1.807, 2.05) is 67.6 Å². The molecule has 0 saturated carbocycles. The molecule has 1 aliphatic rings. The minimum Gasteiger partial charge on any atom is -0.422 e. The highest BCUT2D eigenvalue weighted by Gasteiger charge is 2.34. The molecule has 5 heteroatoms. The summed E-state index contributed by atoms with van der Waals surface area (Å²) >= 11 is 0. The van der Waals surface area contributed by atoms with E-state index in [-0.39, 0.29) is 11.9 Å². The molecule has 152 valence electrons. The lowest BCUT2D eigenvalue weighted by molar-refractivity contribution is 0.0711. The number of benzene rings is 3. The van der Waals surface area contributed by atoms with Gasteiger partial charge in [0.2, 0.25) is 0 Å². The third-order valence-corrected chi connectivity index (χ3v) is 5.55. The molecule has 5 nitrogen and oxygen atoms in total. The highest BCUT2D eigenvalue weighted by Crippen LogP contribution is 2.33. The maximum Gasteiger partial charge on any atom is 0.345 e. The van der Waals surface area contributed by atoms with Gasteiger partial charge in [-0.2, -0.15) is 5.10 Å². The Morgan fingerprint density at radius 2 is 1.68 bits per heavy atom. The van der Waals surface area contributed by atoms with Crippen molar-refractivity contribution in [1.82, 2.24) is 5.01 Å². The van der Waals surface area contributed by atoms with Crippen LogP contribution in [-0.2, 0) is 0 Å². The van der Waals surface area contributed by atoms with Crippen LogP contribution in [0.3, 0.4) is 0 Å². The average molecular weight is 408 g/mol. The second-order valence-corrected chi connectivity index (χ2v) is 7.68. The van der Waals surface area contributed by atoms with Gasteiger partial charge in [0.25, 0.3) is 5.91 Å². The number of fused-ring (bicyclic) bond motifs is 1. The molecule has 0 fully saturated rings. The zero-order chi connectivity index (χ0) is 21.4. The van der Waals surface area contributed by atoms with Crippen molar-refractivity contribution in [2.24, 2.45) is 5.10 Å². The van der Waals surface area contributed by atoms with Crippen LogP contribution in [0, 0.1) is 6.92 Å². The van der Waals surface area contributed by atoms with Crippen LogP contribution < -0.4 is 5.63 Å². The van der Waals surface area contributed by atoms with E-state index in [0.29, 0.717) is 28.8 Å². The van der Waals surface area contributed by atoms with Gasteiger partial charge in [-0.15, -0.1) is 0 Å². The molecule has 1 unspecified atom stereocenters. The Balaban J connectivity index is 1.59. The van der Waals surface area contributed by atoms with Gasteiger partial charge in [-0.3, -0.25) is 4.79 Å². The quantitative estimate of drug-likeness (QED) is 0.444. The minimum absolute atomic E-state index is 0.200. The normalized spacial score (nSPS) is 15.8. The monoisotopic (exact) mass is 408 g/mol. The summed E-state index contributed by atoms with van der Waals surface area (Å²) in [4.78, 5) is 26.0. The van der Waals surface area contributed by atoms with Crippen molar-refractivity contribution in [2.75, 3.05) is 0 Å². The van der Waals surface area contributed by atoms with E-state index in [9.17, 15) is 9.59 Å². The van der Waals surface area contributed by atoms with Crippen molar-refractivity contribution < 1.29 is 9.21 Å². The number of amides is 1. The number of rotatable bonds is 3. The van der Waals surface area contributed by atoms with Gasteiger partial charge in [0.15, 0.2) is 0 Å². The number of hydrogen-bond donors (Lipinski definition) is 0. The smallest absolute Gasteiger partial charge is 0.345 e. The summed E-state index contributed by atoms with van der Waals surface area (Å²) in [6.07, 6.45) is 0.435. The average Bonchev–Trinajstić information content (AvgIpc) is 3.24. The van der Waals surface area contributed by atoms with Crippen molar-refractivity contribution in [3.05, 3.63) is 118 Å². The topological polar surface area (TPSA) is 62.9 Å². The van der Waals surface area contributed by atoms with Crippen LogP contribution in [0.15, 0.2) is 99.2 Å². The van der Waals surface area contributed by atoms with E-state index >= 15 is 0 Å². The molecule has 1 aromatic heterocycles. The summed E-state index contributed by atoms with van der Waals surface area (Å²) in [5, 5.41) is 6.93. The van der Waals surface area contributed by atoms with Crippen molar-refractivity contribution in [3.8, 4) is 0 Å². The standard InChI is InChI=1S/C26H20N2O3/c1-17-11-13-19(14-12-17)25(29)28-23(18-7-3-2-4-8-18)16-22(27-28)21-15-20-9-5-6-10-24(20)31-26(21)30/h2-15,23H,16H2,1H3. The first-order chi connectivity index (χ1) is 15.1. The predicted octanol–water partition coefficient (Wildman–Crippen LogP) is 5.09. The number of aryl methyl sites for hydroxylation is 1. The zero-order valence-corrected chi connectivity index (χ0v) is 17.0. The summed E-state index contributed by atoms with van der Waals surface area (Å²) in [5.74, 6) is -0.200. The molecule has 0 N–H and O–H groups in total. The number of nitrogens with zero attached hydrogens (tertiary/aromatic N) is 2. The fourth-order valence-electron chi connectivity index (χ4n) is 3.89. The zero-order valence-electron chi connectivity index (χ0n) is 17.0. The van der Waals surface area contributed by atoms with Crippen molar-refractivity contribution in [1.29, 1.82) is 0 Å². The van der Waals surface area contributed by atoms with Crippen molar-refractivity contribution >= 4 is 22.6 Å². The molecular formula is C26H20N2O3. The van der Waals surface area contributed by atoms with Gasteiger partial charge in [0.05, 0.1) is 17.3 Å². The first kappa shape index (κ1) is 19.0. The van der Waals surface area contributed by atoms with E-state index in [1.165, 1.54) is 5.01 Å². The fourth-order valence-corrected chi connectivity index (χ4v) is 3.89. The molecule has 2 heterocycles. The molecule has 0 saturated heterocycles. The molecule has 0 radical (unpaired) electrons. The lowest BCUT2D eigenvalue weighted by atomic mass is 9.98. The summed E-state index contributed by atoms with van der Waals surface area (Å²) < 4.78 is 5.50. The Morgan fingerprint density at radius 1 is 0.968 bits per heavy atom. The van der Waals surface area contributed by atoms with Crippen LogP contribution in [0.4, 0.5) is 0 Å². The lowest BCUT2D eigenvalue weighted by Crippen LogP contribution is -2.27.